The van der Waals surface area contributed by atoms with Crippen LogP contribution in [-0.4, -0.2) is 29.6 Å². The van der Waals surface area contributed by atoms with Crippen molar-refractivity contribution in [2.75, 3.05) is 18.9 Å². The first-order chi connectivity index (χ1) is 14.2. The van der Waals surface area contributed by atoms with E-state index in [1.54, 1.807) is 0 Å². The number of anilines is 1. The molecule has 2 N–H and O–H groups in total. The molecule has 3 aromatic rings. The molecule has 1 unspecified atom stereocenters. The van der Waals surface area contributed by atoms with Crippen LogP contribution in [0.2, 0.25) is 0 Å². The van der Waals surface area contributed by atoms with Crippen LogP contribution in [0.15, 0.2) is 48.5 Å². The summed E-state index contributed by atoms with van der Waals surface area (Å²) < 4.78 is 0. The van der Waals surface area contributed by atoms with Gasteiger partial charge in [0.25, 0.3) is 0 Å². The number of rotatable bonds is 10. The van der Waals surface area contributed by atoms with E-state index in [1.165, 1.54) is 18.4 Å². The minimum Gasteiger partial charge on any atom is -0.369 e. The maximum atomic E-state index is 4.79. The van der Waals surface area contributed by atoms with Gasteiger partial charge in [-0.3, -0.25) is 0 Å². The summed E-state index contributed by atoms with van der Waals surface area (Å²) in [5.74, 6) is 1.63. The van der Waals surface area contributed by atoms with Gasteiger partial charge in [0.15, 0.2) is 5.82 Å². The van der Waals surface area contributed by atoms with Gasteiger partial charge in [-0.1, -0.05) is 62.7 Å². The highest BCUT2D eigenvalue weighted by Gasteiger charge is 2.08. The second-order valence-corrected chi connectivity index (χ2v) is 7.37. The highest BCUT2D eigenvalue weighted by Crippen LogP contribution is 2.21. The summed E-state index contributed by atoms with van der Waals surface area (Å²) in [5.41, 5.74) is 3.47. The summed E-state index contributed by atoms with van der Waals surface area (Å²) in [4.78, 5) is 9.51. The molecule has 0 radical (unpaired) electrons. The Morgan fingerprint density at radius 1 is 0.931 bits per heavy atom. The van der Waals surface area contributed by atoms with E-state index in [4.69, 9.17) is 9.97 Å². The van der Waals surface area contributed by atoms with Gasteiger partial charge in [0.05, 0.1) is 5.52 Å². The van der Waals surface area contributed by atoms with Gasteiger partial charge in [0.2, 0.25) is 0 Å². The Hall–Kier alpha value is -2.72. The molecule has 4 heteroatoms. The average molecular weight is 389 g/mol. The molecule has 29 heavy (non-hydrogen) atoms. The second kappa shape index (κ2) is 10.7. The lowest BCUT2D eigenvalue weighted by atomic mass is 10.1. The average Bonchev–Trinajstić information content (AvgIpc) is 2.77. The smallest absolute Gasteiger partial charge is 0.154 e. The van der Waals surface area contributed by atoms with Crippen molar-refractivity contribution >= 4 is 28.9 Å². The largest absolute Gasteiger partial charge is 0.369 e. The third-order valence-corrected chi connectivity index (χ3v) is 5.26. The quantitative estimate of drug-likeness (QED) is 0.478. The second-order valence-electron chi connectivity index (χ2n) is 7.37. The van der Waals surface area contributed by atoms with E-state index in [0.29, 0.717) is 6.04 Å². The molecule has 1 atom stereocenters. The lowest BCUT2D eigenvalue weighted by Gasteiger charge is -2.16. The molecule has 0 fully saturated rings. The normalized spacial score (nSPS) is 12.5. The van der Waals surface area contributed by atoms with Crippen molar-refractivity contribution in [3.05, 3.63) is 65.5 Å². The van der Waals surface area contributed by atoms with Gasteiger partial charge < -0.3 is 10.6 Å². The van der Waals surface area contributed by atoms with Gasteiger partial charge in [-0.2, -0.15) is 0 Å². The summed E-state index contributed by atoms with van der Waals surface area (Å²) >= 11 is 0. The Morgan fingerprint density at radius 3 is 2.45 bits per heavy atom. The maximum Gasteiger partial charge on any atom is 0.154 e. The Kier molecular flexibility index (Phi) is 7.77. The number of nitrogens with zero attached hydrogens (tertiary/aromatic N) is 2. The first-order valence-electron chi connectivity index (χ1n) is 10.7. The molecule has 0 aliphatic heterocycles. The van der Waals surface area contributed by atoms with Gasteiger partial charge in [0.1, 0.15) is 5.82 Å². The van der Waals surface area contributed by atoms with Crippen LogP contribution in [0.25, 0.3) is 23.1 Å². The van der Waals surface area contributed by atoms with Crippen molar-refractivity contribution in [1.82, 2.24) is 15.3 Å². The van der Waals surface area contributed by atoms with Crippen molar-refractivity contribution < 1.29 is 0 Å². The van der Waals surface area contributed by atoms with Crippen molar-refractivity contribution in [3.63, 3.8) is 0 Å². The molecule has 0 saturated carbocycles. The fourth-order valence-electron chi connectivity index (χ4n) is 3.49. The number of hydrogen-bond acceptors (Lipinski definition) is 4. The molecule has 152 valence electrons. The Bertz CT molecular complexity index is 931. The van der Waals surface area contributed by atoms with E-state index in [9.17, 15) is 0 Å². The first-order valence-corrected chi connectivity index (χ1v) is 10.7. The molecule has 4 nitrogen and oxygen atoms in total. The van der Waals surface area contributed by atoms with E-state index in [0.717, 1.165) is 47.5 Å². The number of benzene rings is 2. The van der Waals surface area contributed by atoms with Gasteiger partial charge in [-0.15, -0.1) is 0 Å². The van der Waals surface area contributed by atoms with E-state index < -0.39 is 0 Å². The molecule has 1 aromatic heterocycles. The van der Waals surface area contributed by atoms with Crippen molar-refractivity contribution in [1.29, 1.82) is 0 Å². The first kappa shape index (κ1) is 21.0. The van der Waals surface area contributed by atoms with Crippen molar-refractivity contribution in [2.45, 2.75) is 45.6 Å². The molecule has 0 spiro atoms. The zero-order chi connectivity index (χ0) is 20.5. The van der Waals surface area contributed by atoms with Crippen LogP contribution in [0.3, 0.4) is 0 Å². The van der Waals surface area contributed by atoms with E-state index in [-0.39, 0.29) is 0 Å². The minimum atomic E-state index is 0.533. The van der Waals surface area contributed by atoms with Crippen LogP contribution >= 0.6 is 0 Å². The van der Waals surface area contributed by atoms with E-state index >= 15 is 0 Å². The SMILES string of the molecule is CCCC(CCNc1nc(/C=C/c2ccc(CC)cc2)nc2ccccc12)NC. The van der Waals surface area contributed by atoms with Crippen LogP contribution in [0.4, 0.5) is 5.82 Å². The maximum absolute atomic E-state index is 4.79. The van der Waals surface area contributed by atoms with Gasteiger partial charge in [-0.05, 0) is 55.6 Å². The number of para-hydroxylation sites is 1. The zero-order valence-corrected chi connectivity index (χ0v) is 17.8. The van der Waals surface area contributed by atoms with Crippen LogP contribution in [-0.2, 0) is 6.42 Å². The number of hydrogen-bond donors (Lipinski definition) is 2. The molecule has 0 saturated heterocycles. The molecule has 0 aliphatic rings. The van der Waals surface area contributed by atoms with Crippen molar-refractivity contribution in [3.8, 4) is 0 Å². The number of aromatic nitrogens is 2. The molecule has 2 aromatic carbocycles. The number of nitrogens with one attached hydrogen (secondary N) is 2. The van der Waals surface area contributed by atoms with Crippen LogP contribution < -0.4 is 10.6 Å². The van der Waals surface area contributed by atoms with Crippen molar-refractivity contribution in [2.24, 2.45) is 0 Å². The van der Waals surface area contributed by atoms with Crippen LogP contribution in [0.5, 0.6) is 0 Å². The van der Waals surface area contributed by atoms with Gasteiger partial charge >= 0.3 is 0 Å². The number of fused-ring (bicyclic) bond motifs is 1. The van der Waals surface area contributed by atoms with E-state index in [1.807, 2.05) is 31.3 Å². The molecule has 0 amide bonds. The summed E-state index contributed by atoms with van der Waals surface area (Å²) in [6.45, 7) is 5.28. The van der Waals surface area contributed by atoms with Gasteiger partial charge in [-0.25, -0.2) is 9.97 Å². The molecular weight excluding hydrogens is 356 g/mol. The lowest BCUT2D eigenvalue weighted by molar-refractivity contribution is 0.494. The van der Waals surface area contributed by atoms with Crippen LogP contribution in [0.1, 0.15) is 50.1 Å². The predicted molar refractivity (Wildman–Crippen MR) is 125 cm³/mol. The van der Waals surface area contributed by atoms with E-state index in [2.05, 4.69) is 60.9 Å². The Balaban J connectivity index is 1.78. The topological polar surface area (TPSA) is 49.8 Å². The summed E-state index contributed by atoms with van der Waals surface area (Å²) in [6, 6.07) is 17.3. The Morgan fingerprint density at radius 2 is 1.72 bits per heavy atom. The standard InChI is InChI=1S/C25H32N4/c1-4-8-21(26-3)17-18-27-25-22-9-6-7-10-23(22)28-24(29-25)16-15-20-13-11-19(5-2)12-14-20/h6-7,9-16,21,26H,4-5,8,17-18H2,1-3H3,(H,27,28,29)/b16-15+. The summed E-state index contributed by atoms with van der Waals surface area (Å²) in [5, 5.41) is 8.00. The monoisotopic (exact) mass is 388 g/mol. The fourth-order valence-corrected chi connectivity index (χ4v) is 3.49. The third-order valence-electron chi connectivity index (χ3n) is 5.26. The third kappa shape index (κ3) is 5.88. The number of aryl methyl sites for hydroxylation is 1. The van der Waals surface area contributed by atoms with Gasteiger partial charge in [0, 0.05) is 18.0 Å². The molecule has 0 bridgehead atoms. The highest BCUT2D eigenvalue weighted by atomic mass is 15.0. The highest BCUT2D eigenvalue weighted by molar-refractivity contribution is 5.90. The minimum absolute atomic E-state index is 0.533. The molecular formula is C25H32N4. The fraction of sp³-hybridized carbons (Fsp3) is 0.360. The molecule has 0 aliphatic carbocycles. The molecule has 1 heterocycles. The summed E-state index contributed by atoms with van der Waals surface area (Å²) in [6.07, 6.45) is 8.57. The lowest BCUT2D eigenvalue weighted by Crippen LogP contribution is -2.27. The zero-order valence-electron chi connectivity index (χ0n) is 17.8. The molecule has 3 rings (SSSR count). The van der Waals surface area contributed by atoms with Crippen LogP contribution in [0, 0.1) is 0 Å². The predicted octanol–water partition coefficient (Wildman–Crippen LogP) is 5.55. The Labute approximate surface area is 174 Å². The summed E-state index contributed by atoms with van der Waals surface area (Å²) in [7, 11) is 2.04.